The minimum absolute atomic E-state index is 0.572. The summed E-state index contributed by atoms with van der Waals surface area (Å²) in [6.07, 6.45) is 2.12. The van der Waals surface area contributed by atoms with Crippen LogP contribution in [0, 0.1) is 19.8 Å². The number of ether oxygens (including phenoxy) is 1. The van der Waals surface area contributed by atoms with Crippen LogP contribution in [0.25, 0.3) is 0 Å². The molecule has 0 radical (unpaired) electrons. The molecule has 0 amide bonds. The average Bonchev–Trinajstić information content (AvgIpc) is 2.46. The van der Waals surface area contributed by atoms with Gasteiger partial charge in [-0.3, -0.25) is 0 Å². The van der Waals surface area contributed by atoms with E-state index in [0.717, 1.165) is 23.9 Å². The summed E-state index contributed by atoms with van der Waals surface area (Å²) in [5, 5.41) is 0.998. The van der Waals surface area contributed by atoms with Crippen LogP contribution in [-0.2, 0) is 12.8 Å². The van der Waals surface area contributed by atoms with Gasteiger partial charge in [-0.25, -0.2) is 0 Å². The third-order valence-electron chi connectivity index (χ3n) is 3.73. The second-order valence-electron chi connectivity index (χ2n) is 5.74. The number of benzene rings is 2. The van der Waals surface area contributed by atoms with Gasteiger partial charge in [0.15, 0.2) is 0 Å². The molecule has 0 aliphatic rings. The van der Waals surface area contributed by atoms with E-state index >= 15 is 0 Å². The Bertz CT molecular complexity index is 572. The van der Waals surface area contributed by atoms with Crippen LogP contribution in [0.2, 0.25) is 0 Å². The second kappa shape index (κ2) is 7.65. The maximum Gasteiger partial charge on any atom is 0.122 e. The summed E-state index contributed by atoms with van der Waals surface area (Å²) in [5.41, 5.74) is 5.40. The highest BCUT2D eigenvalue weighted by Crippen LogP contribution is 2.24. The number of halogens is 1. The van der Waals surface area contributed by atoms with Crippen molar-refractivity contribution in [2.45, 2.75) is 26.7 Å². The van der Waals surface area contributed by atoms with Crippen molar-refractivity contribution < 1.29 is 4.74 Å². The second-order valence-corrected chi connectivity index (χ2v) is 6.38. The molecule has 112 valence electrons. The van der Waals surface area contributed by atoms with Crippen LogP contribution in [0.5, 0.6) is 5.75 Å². The number of methoxy groups -OCH3 is 1. The molecular weight excluding hydrogens is 324 g/mol. The molecule has 0 aromatic heterocycles. The largest absolute Gasteiger partial charge is 0.496 e. The summed E-state index contributed by atoms with van der Waals surface area (Å²) in [6.45, 7) is 4.33. The van der Waals surface area contributed by atoms with Gasteiger partial charge in [-0.2, -0.15) is 0 Å². The van der Waals surface area contributed by atoms with E-state index in [0.29, 0.717) is 5.92 Å². The van der Waals surface area contributed by atoms with Gasteiger partial charge in [0.2, 0.25) is 0 Å². The Hall–Kier alpha value is -1.28. The van der Waals surface area contributed by atoms with Gasteiger partial charge in [0.05, 0.1) is 7.11 Å². The summed E-state index contributed by atoms with van der Waals surface area (Å²) >= 11 is 3.67. The van der Waals surface area contributed by atoms with Crippen molar-refractivity contribution in [2.24, 2.45) is 5.92 Å². The van der Waals surface area contributed by atoms with Gasteiger partial charge in [-0.15, -0.1) is 0 Å². The van der Waals surface area contributed by atoms with Crippen LogP contribution in [0.15, 0.2) is 42.5 Å². The fraction of sp³-hybridized carbons (Fsp3) is 0.368. The molecule has 1 nitrogen and oxygen atoms in total. The Morgan fingerprint density at radius 2 is 1.67 bits per heavy atom. The van der Waals surface area contributed by atoms with Crippen molar-refractivity contribution in [2.75, 3.05) is 12.4 Å². The topological polar surface area (TPSA) is 9.23 Å². The number of hydrogen-bond donors (Lipinski definition) is 0. The first-order valence-electron chi connectivity index (χ1n) is 7.37. The number of rotatable bonds is 6. The lowest BCUT2D eigenvalue weighted by molar-refractivity contribution is 0.406. The van der Waals surface area contributed by atoms with Crippen LogP contribution in [0.1, 0.15) is 22.3 Å². The first-order valence-corrected chi connectivity index (χ1v) is 8.49. The summed E-state index contributed by atoms with van der Waals surface area (Å²) < 4.78 is 5.46. The van der Waals surface area contributed by atoms with Gasteiger partial charge < -0.3 is 4.74 Å². The lowest BCUT2D eigenvalue weighted by atomic mass is 9.92. The van der Waals surface area contributed by atoms with Gasteiger partial charge in [0.25, 0.3) is 0 Å². The van der Waals surface area contributed by atoms with Crippen LogP contribution < -0.4 is 4.74 Å². The molecule has 2 rings (SSSR count). The molecular formula is C19H23BrO. The van der Waals surface area contributed by atoms with Crippen LogP contribution in [-0.4, -0.2) is 12.4 Å². The molecule has 0 saturated carbocycles. The molecule has 0 fully saturated rings. The summed E-state index contributed by atoms with van der Waals surface area (Å²) in [6, 6.07) is 15.1. The molecule has 1 atom stereocenters. The van der Waals surface area contributed by atoms with E-state index in [1.165, 1.54) is 22.3 Å². The first-order chi connectivity index (χ1) is 10.1. The predicted octanol–water partition coefficient (Wildman–Crippen LogP) is 5.11. The smallest absolute Gasteiger partial charge is 0.122 e. The van der Waals surface area contributed by atoms with Gasteiger partial charge in [-0.1, -0.05) is 63.5 Å². The molecule has 0 aliphatic heterocycles. The molecule has 1 unspecified atom stereocenters. The van der Waals surface area contributed by atoms with E-state index in [4.69, 9.17) is 4.74 Å². The number of hydrogen-bond acceptors (Lipinski definition) is 1. The van der Waals surface area contributed by atoms with Crippen molar-refractivity contribution in [3.63, 3.8) is 0 Å². The molecule has 0 aliphatic carbocycles. The van der Waals surface area contributed by atoms with Crippen LogP contribution >= 0.6 is 15.9 Å². The zero-order valence-electron chi connectivity index (χ0n) is 13.0. The zero-order chi connectivity index (χ0) is 15.2. The fourth-order valence-corrected chi connectivity index (χ4v) is 3.34. The first kappa shape index (κ1) is 16.1. The maximum atomic E-state index is 5.46. The molecule has 2 aromatic carbocycles. The molecule has 0 bridgehead atoms. The normalized spacial score (nSPS) is 12.2. The standard InChI is InChI=1S/C19H23BrO/c1-14-8-15(2)10-16(9-14)11-17(13-20)12-18-6-4-5-7-19(18)21-3/h4-10,17H,11-13H2,1-3H3. The van der Waals surface area contributed by atoms with Crippen molar-refractivity contribution in [3.8, 4) is 5.75 Å². The van der Waals surface area contributed by atoms with Crippen molar-refractivity contribution >= 4 is 15.9 Å². The highest BCUT2D eigenvalue weighted by molar-refractivity contribution is 9.09. The minimum Gasteiger partial charge on any atom is -0.496 e. The summed E-state index contributed by atoms with van der Waals surface area (Å²) in [4.78, 5) is 0. The molecule has 0 N–H and O–H groups in total. The minimum atomic E-state index is 0.572. The maximum absolute atomic E-state index is 5.46. The lowest BCUT2D eigenvalue weighted by Crippen LogP contribution is -2.11. The lowest BCUT2D eigenvalue weighted by Gasteiger charge is -2.17. The third-order valence-corrected chi connectivity index (χ3v) is 4.64. The van der Waals surface area contributed by atoms with E-state index in [-0.39, 0.29) is 0 Å². The zero-order valence-corrected chi connectivity index (χ0v) is 14.6. The van der Waals surface area contributed by atoms with Gasteiger partial charge >= 0.3 is 0 Å². The third kappa shape index (κ3) is 4.60. The van der Waals surface area contributed by atoms with Crippen molar-refractivity contribution in [3.05, 3.63) is 64.7 Å². The fourth-order valence-electron chi connectivity index (χ4n) is 2.88. The van der Waals surface area contributed by atoms with Crippen molar-refractivity contribution in [1.29, 1.82) is 0 Å². The number of alkyl halides is 1. The highest BCUT2D eigenvalue weighted by atomic mass is 79.9. The molecule has 21 heavy (non-hydrogen) atoms. The van der Waals surface area contributed by atoms with Crippen molar-refractivity contribution in [1.82, 2.24) is 0 Å². The van der Waals surface area contributed by atoms with E-state index in [9.17, 15) is 0 Å². The van der Waals surface area contributed by atoms with Crippen LogP contribution in [0.3, 0.4) is 0 Å². The Morgan fingerprint density at radius 1 is 1.00 bits per heavy atom. The Labute approximate surface area is 136 Å². The van der Waals surface area contributed by atoms with E-state index < -0.39 is 0 Å². The molecule has 0 saturated heterocycles. The van der Waals surface area contributed by atoms with Gasteiger partial charge in [-0.05, 0) is 49.8 Å². The summed E-state index contributed by atoms with van der Waals surface area (Å²) in [7, 11) is 1.74. The Morgan fingerprint density at radius 3 is 2.29 bits per heavy atom. The van der Waals surface area contributed by atoms with Crippen LogP contribution in [0.4, 0.5) is 0 Å². The van der Waals surface area contributed by atoms with E-state index in [1.807, 2.05) is 12.1 Å². The molecule has 0 heterocycles. The quantitative estimate of drug-likeness (QED) is 0.660. The monoisotopic (exact) mass is 346 g/mol. The van der Waals surface area contributed by atoms with Gasteiger partial charge in [0, 0.05) is 5.33 Å². The van der Waals surface area contributed by atoms with Gasteiger partial charge in [0.1, 0.15) is 5.75 Å². The SMILES string of the molecule is COc1ccccc1CC(CBr)Cc1cc(C)cc(C)c1. The number of para-hydroxylation sites is 1. The predicted molar refractivity (Wildman–Crippen MR) is 93.6 cm³/mol. The molecule has 2 heteroatoms. The number of aryl methyl sites for hydroxylation is 2. The summed E-state index contributed by atoms with van der Waals surface area (Å²) in [5.74, 6) is 1.56. The highest BCUT2D eigenvalue weighted by Gasteiger charge is 2.13. The Balaban J connectivity index is 2.13. The Kier molecular flexibility index (Phi) is 5.86. The molecule has 2 aromatic rings. The average molecular weight is 347 g/mol. The van der Waals surface area contributed by atoms with E-state index in [2.05, 4.69) is 60.1 Å². The molecule has 0 spiro atoms. The van der Waals surface area contributed by atoms with E-state index in [1.54, 1.807) is 7.11 Å².